The van der Waals surface area contributed by atoms with E-state index >= 15 is 0 Å². The minimum absolute atomic E-state index is 0.0175. The lowest BCUT2D eigenvalue weighted by Gasteiger charge is -2.35. The van der Waals surface area contributed by atoms with Gasteiger partial charge in [-0.25, -0.2) is 8.42 Å². The van der Waals surface area contributed by atoms with Crippen LogP contribution in [0.2, 0.25) is 0 Å². The SMILES string of the molecule is C[N+]1(C)CCC(O)CC1.Cc1ccc(S(=O)(=O)[O-])cc1. The molecule has 0 bridgehead atoms. The third-order valence-corrected chi connectivity index (χ3v) is 4.29. The first-order valence-electron chi connectivity index (χ1n) is 6.63. The number of aliphatic hydroxyl groups is 1. The first-order chi connectivity index (χ1) is 9.10. The van der Waals surface area contributed by atoms with Crippen molar-refractivity contribution in [3.05, 3.63) is 29.8 Å². The Hall–Kier alpha value is -0.950. The van der Waals surface area contributed by atoms with Crippen LogP contribution in [-0.2, 0) is 10.1 Å². The molecular formula is C14H23NO4S. The average molecular weight is 301 g/mol. The van der Waals surface area contributed by atoms with Crippen molar-refractivity contribution in [3.63, 3.8) is 0 Å². The number of hydrogen-bond acceptors (Lipinski definition) is 4. The molecule has 2 rings (SSSR count). The van der Waals surface area contributed by atoms with Crippen molar-refractivity contribution in [1.29, 1.82) is 0 Å². The first-order valence-corrected chi connectivity index (χ1v) is 8.04. The maximum atomic E-state index is 10.4. The summed E-state index contributed by atoms with van der Waals surface area (Å²) >= 11 is 0. The van der Waals surface area contributed by atoms with Crippen LogP contribution in [0.5, 0.6) is 0 Å². The number of piperidine rings is 1. The van der Waals surface area contributed by atoms with Crippen molar-refractivity contribution in [2.24, 2.45) is 0 Å². The molecule has 6 heteroatoms. The fraction of sp³-hybridized carbons (Fsp3) is 0.571. The van der Waals surface area contributed by atoms with E-state index in [9.17, 15) is 13.0 Å². The predicted octanol–water partition coefficient (Wildman–Crippen LogP) is 1.12. The van der Waals surface area contributed by atoms with Gasteiger partial charge in [0.15, 0.2) is 0 Å². The summed E-state index contributed by atoms with van der Waals surface area (Å²) in [5.74, 6) is 0. The smallest absolute Gasteiger partial charge is 0.124 e. The van der Waals surface area contributed by atoms with Crippen LogP contribution in [0.25, 0.3) is 0 Å². The summed E-state index contributed by atoms with van der Waals surface area (Å²) in [6.07, 6.45) is 1.94. The summed E-state index contributed by atoms with van der Waals surface area (Å²) in [6, 6.07) is 5.78. The highest BCUT2D eigenvalue weighted by molar-refractivity contribution is 7.85. The lowest BCUT2D eigenvalue weighted by Crippen LogP contribution is -2.47. The van der Waals surface area contributed by atoms with Crippen LogP contribution < -0.4 is 0 Å². The number of nitrogens with zero attached hydrogens (tertiary/aromatic N) is 1. The second kappa shape index (κ2) is 6.67. The molecule has 0 aliphatic carbocycles. The zero-order chi connectivity index (χ0) is 15.4. The molecule has 1 aromatic rings. The molecule has 20 heavy (non-hydrogen) atoms. The van der Waals surface area contributed by atoms with Crippen molar-refractivity contribution in [1.82, 2.24) is 0 Å². The van der Waals surface area contributed by atoms with E-state index < -0.39 is 10.1 Å². The second-order valence-electron chi connectivity index (χ2n) is 5.88. The molecule has 1 heterocycles. The minimum atomic E-state index is -4.27. The Bertz CT molecular complexity index is 513. The molecule has 0 aromatic heterocycles. The van der Waals surface area contributed by atoms with Crippen molar-refractivity contribution in [2.75, 3.05) is 27.2 Å². The molecule has 0 spiro atoms. The van der Waals surface area contributed by atoms with Crippen molar-refractivity contribution >= 4 is 10.1 Å². The molecule has 1 fully saturated rings. The number of hydrogen-bond donors (Lipinski definition) is 1. The molecule has 114 valence electrons. The maximum Gasteiger partial charge on any atom is 0.124 e. The fourth-order valence-corrected chi connectivity index (χ4v) is 2.43. The molecule has 1 N–H and O–H groups in total. The molecule has 0 unspecified atom stereocenters. The van der Waals surface area contributed by atoms with E-state index in [4.69, 9.17) is 5.11 Å². The lowest BCUT2D eigenvalue weighted by atomic mass is 10.1. The largest absolute Gasteiger partial charge is 0.744 e. The number of rotatable bonds is 1. The van der Waals surface area contributed by atoms with E-state index in [2.05, 4.69) is 14.1 Å². The third kappa shape index (κ3) is 6.00. The topological polar surface area (TPSA) is 77.4 Å². The van der Waals surface area contributed by atoms with Gasteiger partial charge < -0.3 is 14.1 Å². The van der Waals surface area contributed by atoms with Gasteiger partial charge in [-0.15, -0.1) is 0 Å². The molecule has 1 aliphatic rings. The first kappa shape index (κ1) is 17.1. The molecule has 0 saturated carbocycles. The average Bonchev–Trinajstić information content (AvgIpc) is 2.33. The molecule has 1 saturated heterocycles. The van der Waals surface area contributed by atoms with E-state index in [0.29, 0.717) is 0 Å². The van der Waals surface area contributed by atoms with Crippen LogP contribution in [0.1, 0.15) is 18.4 Å². The molecule has 0 amide bonds. The van der Waals surface area contributed by atoms with Crippen molar-refractivity contribution in [3.8, 4) is 0 Å². The monoisotopic (exact) mass is 301 g/mol. The quantitative estimate of drug-likeness (QED) is 0.623. The highest BCUT2D eigenvalue weighted by Crippen LogP contribution is 2.13. The highest BCUT2D eigenvalue weighted by Gasteiger charge is 2.23. The van der Waals surface area contributed by atoms with Crippen molar-refractivity contribution in [2.45, 2.75) is 30.8 Å². The Morgan fingerprint density at radius 1 is 1.15 bits per heavy atom. The highest BCUT2D eigenvalue weighted by atomic mass is 32.2. The summed E-state index contributed by atoms with van der Waals surface area (Å²) in [7, 11) is 0.159. The molecule has 0 radical (unpaired) electrons. The van der Waals surface area contributed by atoms with E-state index in [1.165, 1.54) is 12.1 Å². The standard InChI is InChI=1S/C7H16NO.C7H8O3S/c1-8(2)5-3-7(9)4-6-8;1-6-2-4-7(5-3-6)11(8,9)10/h7,9H,3-6H2,1-2H3;2-5H,1H3,(H,8,9,10)/q+1;/p-1. The zero-order valence-electron chi connectivity index (χ0n) is 12.2. The van der Waals surface area contributed by atoms with E-state index in [-0.39, 0.29) is 11.0 Å². The van der Waals surface area contributed by atoms with Gasteiger partial charge in [0, 0.05) is 12.8 Å². The van der Waals surface area contributed by atoms with Gasteiger partial charge in [0.2, 0.25) is 0 Å². The summed E-state index contributed by atoms with van der Waals surface area (Å²) in [5, 5.41) is 9.13. The predicted molar refractivity (Wildman–Crippen MR) is 76.2 cm³/mol. The molecule has 0 atom stereocenters. The van der Waals surface area contributed by atoms with Crippen LogP contribution >= 0.6 is 0 Å². The van der Waals surface area contributed by atoms with Gasteiger partial charge in [-0.2, -0.15) is 0 Å². The third-order valence-electron chi connectivity index (χ3n) is 3.44. The van der Waals surface area contributed by atoms with Crippen LogP contribution in [0.4, 0.5) is 0 Å². The van der Waals surface area contributed by atoms with Crippen LogP contribution in [0, 0.1) is 6.92 Å². The van der Waals surface area contributed by atoms with Crippen LogP contribution in [0.3, 0.4) is 0 Å². The van der Waals surface area contributed by atoms with Gasteiger partial charge >= 0.3 is 0 Å². The lowest BCUT2D eigenvalue weighted by molar-refractivity contribution is -0.896. The van der Waals surface area contributed by atoms with E-state index in [0.717, 1.165) is 36.0 Å². The number of benzene rings is 1. The van der Waals surface area contributed by atoms with E-state index in [1.54, 1.807) is 12.1 Å². The maximum absolute atomic E-state index is 10.4. The molecule has 1 aromatic carbocycles. The molecule has 5 nitrogen and oxygen atoms in total. The van der Waals surface area contributed by atoms with Crippen LogP contribution in [-0.4, -0.2) is 55.8 Å². The fourth-order valence-electron chi connectivity index (χ4n) is 1.96. The number of likely N-dealkylation sites (tertiary alicyclic amines) is 1. The van der Waals surface area contributed by atoms with Crippen LogP contribution in [0.15, 0.2) is 29.2 Å². The molecule has 1 aliphatic heterocycles. The van der Waals surface area contributed by atoms with Gasteiger partial charge in [0.05, 0.1) is 38.2 Å². The van der Waals surface area contributed by atoms with Gasteiger partial charge in [-0.3, -0.25) is 0 Å². The summed E-state index contributed by atoms with van der Waals surface area (Å²) < 4.78 is 32.2. The minimum Gasteiger partial charge on any atom is -0.744 e. The zero-order valence-corrected chi connectivity index (χ0v) is 13.1. The summed E-state index contributed by atoms with van der Waals surface area (Å²) in [5.41, 5.74) is 0.928. The number of aryl methyl sites for hydroxylation is 1. The van der Waals surface area contributed by atoms with Gasteiger partial charge in [-0.05, 0) is 19.1 Å². The second-order valence-corrected chi connectivity index (χ2v) is 7.26. The van der Waals surface area contributed by atoms with Gasteiger partial charge in [0.1, 0.15) is 10.1 Å². The number of quaternary nitrogens is 1. The normalized spacial score (nSPS) is 19.1. The Kier molecular flexibility index (Phi) is 5.70. The summed E-state index contributed by atoms with van der Waals surface area (Å²) in [4.78, 5) is -0.178. The van der Waals surface area contributed by atoms with E-state index in [1.807, 2.05) is 6.92 Å². The molecular weight excluding hydrogens is 278 g/mol. The Morgan fingerprint density at radius 2 is 1.60 bits per heavy atom. The number of aliphatic hydroxyl groups excluding tert-OH is 1. The van der Waals surface area contributed by atoms with Gasteiger partial charge in [-0.1, -0.05) is 17.7 Å². The summed E-state index contributed by atoms with van der Waals surface area (Å²) in [6.45, 7) is 4.07. The van der Waals surface area contributed by atoms with Gasteiger partial charge in [0.25, 0.3) is 0 Å². The Labute approximate surface area is 121 Å². The Morgan fingerprint density at radius 3 is 1.95 bits per heavy atom. The van der Waals surface area contributed by atoms with Crippen molar-refractivity contribution < 1.29 is 22.6 Å². The Balaban J connectivity index is 0.000000204.